The summed E-state index contributed by atoms with van der Waals surface area (Å²) in [5.41, 5.74) is 4.68. The van der Waals surface area contributed by atoms with E-state index < -0.39 is 5.60 Å². The second-order valence-electron chi connectivity index (χ2n) is 4.18. The predicted molar refractivity (Wildman–Crippen MR) is 52.1 cm³/mol. The van der Waals surface area contributed by atoms with Crippen LogP contribution < -0.4 is 11.1 Å². The van der Waals surface area contributed by atoms with Gasteiger partial charge in [-0.1, -0.05) is 6.92 Å². The molecule has 78 valence electrons. The smallest absolute Gasteiger partial charge is 0.224 e. The van der Waals surface area contributed by atoms with Crippen molar-refractivity contribution in [3.05, 3.63) is 0 Å². The number of nitrogens with one attached hydrogen (secondary N) is 1. The van der Waals surface area contributed by atoms with Crippen LogP contribution >= 0.6 is 0 Å². The fourth-order valence-electron chi connectivity index (χ4n) is 0.703. The Labute approximate surface area is 79.5 Å². The molecule has 4 N–H and O–H groups in total. The molecule has 0 spiro atoms. The van der Waals surface area contributed by atoms with Crippen molar-refractivity contribution in [1.82, 2.24) is 5.32 Å². The fraction of sp³-hybridized carbons (Fsp3) is 0.889. The van der Waals surface area contributed by atoms with Gasteiger partial charge in [-0.2, -0.15) is 0 Å². The molecule has 0 heterocycles. The van der Waals surface area contributed by atoms with Gasteiger partial charge in [0.15, 0.2) is 0 Å². The number of hydrogen-bond donors (Lipinski definition) is 3. The topological polar surface area (TPSA) is 75.4 Å². The highest BCUT2D eigenvalue weighted by molar-refractivity contribution is 5.78. The molecule has 0 saturated heterocycles. The first-order valence-corrected chi connectivity index (χ1v) is 4.49. The molecule has 0 fully saturated rings. The highest BCUT2D eigenvalue weighted by atomic mass is 16.3. The molecule has 0 radical (unpaired) electrons. The van der Waals surface area contributed by atoms with Gasteiger partial charge in [0.05, 0.1) is 5.60 Å². The minimum Gasteiger partial charge on any atom is -0.389 e. The lowest BCUT2D eigenvalue weighted by atomic mass is 10.0. The van der Waals surface area contributed by atoms with Gasteiger partial charge < -0.3 is 16.2 Å². The average Bonchev–Trinajstić information content (AvgIpc) is 1.97. The summed E-state index contributed by atoms with van der Waals surface area (Å²) in [4.78, 5) is 11.3. The second-order valence-corrected chi connectivity index (χ2v) is 4.18. The molecule has 0 aliphatic carbocycles. The van der Waals surface area contributed by atoms with Crippen molar-refractivity contribution >= 4 is 5.91 Å². The van der Waals surface area contributed by atoms with E-state index in [2.05, 4.69) is 5.32 Å². The van der Waals surface area contributed by atoms with Crippen molar-refractivity contribution in [2.45, 2.75) is 39.3 Å². The van der Waals surface area contributed by atoms with Crippen LogP contribution in [0.4, 0.5) is 0 Å². The van der Waals surface area contributed by atoms with Gasteiger partial charge in [-0.15, -0.1) is 0 Å². The Morgan fingerprint density at radius 1 is 1.54 bits per heavy atom. The summed E-state index contributed by atoms with van der Waals surface area (Å²) in [6, 6.07) is -0.165. The van der Waals surface area contributed by atoms with Gasteiger partial charge >= 0.3 is 0 Å². The molecule has 0 aromatic rings. The summed E-state index contributed by atoms with van der Waals surface area (Å²) in [5.74, 6) is -0.334. The SMILES string of the molecule is CC(N)C(C)C(=O)NCC(C)(C)O. The van der Waals surface area contributed by atoms with Crippen molar-refractivity contribution in [3.8, 4) is 0 Å². The van der Waals surface area contributed by atoms with E-state index in [1.165, 1.54) is 0 Å². The van der Waals surface area contributed by atoms with E-state index in [-0.39, 0.29) is 24.4 Å². The van der Waals surface area contributed by atoms with Crippen LogP contribution in [-0.2, 0) is 4.79 Å². The maximum atomic E-state index is 11.3. The molecule has 0 aliphatic heterocycles. The summed E-state index contributed by atoms with van der Waals surface area (Å²) in [6.07, 6.45) is 0. The van der Waals surface area contributed by atoms with Crippen molar-refractivity contribution in [1.29, 1.82) is 0 Å². The van der Waals surface area contributed by atoms with Gasteiger partial charge in [-0.3, -0.25) is 4.79 Å². The number of amides is 1. The molecule has 0 rings (SSSR count). The Balaban J connectivity index is 3.89. The van der Waals surface area contributed by atoms with E-state index in [1.807, 2.05) is 0 Å². The maximum Gasteiger partial charge on any atom is 0.224 e. The first-order chi connectivity index (χ1) is 5.74. The monoisotopic (exact) mass is 188 g/mol. The van der Waals surface area contributed by atoms with Gasteiger partial charge in [-0.05, 0) is 20.8 Å². The van der Waals surface area contributed by atoms with E-state index in [0.717, 1.165) is 0 Å². The second kappa shape index (κ2) is 4.58. The van der Waals surface area contributed by atoms with E-state index in [1.54, 1.807) is 27.7 Å². The molecule has 0 bridgehead atoms. The van der Waals surface area contributed by atoms with Gasteiger partial charge in [0.2, 0.25) is 5.91 Å². The van der Waals surface area contributed by atoms with Crippen molar-refractivity contribution in [2.24, 2.45) is 11.7 Å². The molecule has 2 unspecified atom stereocenters. The highest BCUT2D eigenvalue weighted by Crippen LogP contribution is 2.02. The van der Waals surface area contributed by atoms with Crippen LogP contribution in [0, 0.1) is 5.92 Å². The van der Waals surface area contributed by atoms with Crippen molar-refractivity contribution < 1.29 is 9.90 Å². The molecular formula is C9H20N2O2. The summed E-state index contributed by atoms with van der Waals surface area (Å²) in [6.45, 7) is 7.09. The minimum absolute atomic E-state index is 0.114. The lowest BCUT2D eigenvalue weighted by Gasteiger charge is -2.21. The van der Waals surface area contributed by atoms with Gasteiger partial charge in [0.25, 0.3) is 0 Å². The first-order valence-electron chi connectivity index (χ1n) is 4.49. The van der Waals surface area contributed by atoms with Crippen molar-refractivity contribution in [3.63, 3.8) is 0 Å². The lowest BCUT2D eigenvalue weighted by molar-refractivity contribution is -0.125. The van der Waals surface area contributed by atoms with Crippen molar-refractivity contribution in [2.75, 3.05) is 6.54 Å². The molecule has 0 saturated carbocycles. The van der Waals surface area contributed by atoms with E-state index in [0.29, 0.717) is 0 Å². The summed E-state index contributed by atoms with van der Waals surface area (Å²) in [5, 5.41) is 12.0. The predicted octanol–water partition coefficient (Wildman–Crippen LogP) is -0.143. The van der Waals surface area contributed by atoms with E-state index in [9.17, 15) is 9.90 Å². The quantitative estimate of drug-likeness (QED) is 0.574. The van der Waals surface area contributed by atoms with Crippen LogP contribution in [0.5, 0.6) is 0 Å². The summed E-state index contributed by atoms with van der Waals surface area (Å²) >= 11 is 0. The summed E-state index contributed by atoms with van der Waals surface area (Å²) < 4.78 is 0. The third-order valence-corrected chi connectivity index (χ3v) is 1.90. The van der Waals surface area contributed by atoms with Crippen LogP contribution in [0.25, 0.3) is 0 Å². The standard InChI is InChI=1S/C9H20N2O2/c1-6(7(2)10)8(12)11-5-9(3,4)13/h6-7,13H,5,10H2,1-4H3,(H,11,12). The molecule has 1 amide bonds. The number of aliphatic hydroxyl groups is 1. The van der Waals surface area contributed by atoms with Crippen LogP contribution in [0.2, 0.25) is 0 Å². The molecule has 0 aromatic heterocycles. The van der Waals surface area contributed by atoms with Crippen LogP contribution in [0.3, 0.4) is 0 Å². The number of rotatable bonds is 4. The Kier molecular flexibility index (Phi) is 4.36. The van der Waals surface area contributed by atoms with Gasteiger partial charge in [-0.25, -0.2) is 0 Å². The Morgan fingerprint density at radius 2 is 2.00 bits per heavy atom. The first kappa shape index (κ1) is 12.4. The zero-order valence-corrected chi connectivity index (χ0v) is 8.79. The minimum atomic E-state index is -0.868. The fourth-order valence-corrected chi connectivity index (χ4v) is 0.703. The maximum absolute atomic E-state index is 11.3. The molecule has 4 nitrogen and oxygen atoms in total. The Hall–Kier alpha value is -0.610. The zero-order valence-electron chi connectivity index (χ0n) is 8.79. The molecule has 0 aromatic carbocycles. The number of carbonyl (C=O) groups excluding carboxylic acids is 1. The molecule has 4 heteroatoms. The Bertz CT molecular complexity index is 173. The molecule has 13 heavy (non-hydrogen) atoms. The van der Waals surface area contributed by atoms with E-state index in [4.69, 9.17) is 5.73 Å². The van der Waals surface area contributed by atoms with Gasteiger partial charge in [0, 0.05) is 18.5 Å². The Morgan fingerprint density at radius 3 is 2.31 bits per heavy atom. The number of carbonyl (C=O) groups is 1. The highest BCUT2D eigenvalue weighted by Gasteiger charge is 2.19. The normalized spacial score (nSPS) is 16.5. The zero-order chi connectivity index (χ0) is 10.6. The van der Waals surface area contributed by atoms with Crippen LogP contribution in [0.1, 0.15) is 27.7 Å². The average molecular weight is 188 g/mol. The van der Waals surface area contributed by atoms with Gasteiger partial charge in [0.1, 0.15) is 0 Å². The van der Waals surface area contributed by atoms with Crippen LogP contribution in [-0.4, -0.2) is 29.2 Å². The molecular weight excluding hydrogens is 168 g/mol. The number of nitrogens with two attached hydrogens (primary N) is 1. The largest absolute Gasteiger partial charge is 0.389 e. The molecule has 2 atom stereocenters. The third kappa shape index (κ3) is 5.60. The third-order valence-electron chi connectivity index (χ3n) is 1.90. The molecule has 0 aliphatic rings. The van der Waals surface area contributed by atoms with E-state index >= 15 is 0 Å². The summed E-state index contributed by atoms with van der Waals surface area (Å²) in [7, 11) is 0. The number of hydrogen-bond acceptors (Lipinski definition) is 3. The van der Waals surface area contributed by atoms with Crippen LogP contribution in [0.15, 0.2) is 0 Å². The lowest BCUT2D eigenvalue weighted by Crippen LogP contribution is -2.44.